The predicted octanol–water partition coefficient (Wildman–Crippen LogP) is 13.7. The van der Waals surface area contributed by atoms with E-state index in [0.29, 0.717) is 39.9 Å². The summed E-state index contributed by atoms with van der Waals surface area (Å²) in [6.07, 6.45) is 0. The summed E-state index contributed by atoms with van der Waals surface area (Å²) in [6.45, 7) is 0. The largest absolute Gasteiger partial charge is 0.308 e. The molecular weight excluding hydrogens is 701 g/mol. The molecule has 0 aliphatic carbocycles. The fourth-order valence-corrected chi connectivity index (χ4v) is 8.39. The van der Waals surface area contributed by atoms with Gasteiger partial charge in [0.1, 0.15) is 0 Å². The monoisotopic (exact) mass is 744 g/mol. The number of rotatable bonds is 6. The van der Waals surface area contributed by atoms with Gasteiger partial charge in [-0.25, -0.2) is 15.0 Å². The highest BCUT2D eigenvalue weighted by Crippen LogP contribution is 2.42. The highest BCUT2D eigenvalue weighted by atomic mass is 32.1. The maximum Gasteiger partial charge on any atom is 0.164 e. The molecule has 8 aromatic carbocycles. The first kappa shape index (κ1) is 22.2. The molecule has 0 bridgehead atoms. The van der Waals surface area contributed by atoms with Gasteiger partial charge in [-0.2, -0.15) is 0 Å². The SMILES string of the molecule is [2H]c1c([2H])c([2H])c(-c2c([2H])c([2H])c([2H])c3c4c([2H])c([2H])c([2H])c([2H])c4n(-c4ccc(-c5nc(-c6ccccc6)nc(-c6ccc7sc8ccccc8c7c6)n5)cc4-c4ccccc4)c23)c([2H])c1[2H]. The standard InChI is InChI=1S/C51H32N4S/c1-4-15-33(16-5-1)38-23-14-24-41-39-21-10-12-25-44(39)55(48(38)41)45-29-27-36(31-42(45)34-17-6-2-7-18-34)50-52-49(35-19-8-3-9-20-35)53-51(54-50)37-28-30-47-43(32-37)40-22-11-13-26-46(40)56-47/h1-32H/i1D,4D,5D,10D,12D,14D,15D,16D,21D,23D,24D,25D. The van der Waals surface area contributed by atoms with E-state index in [2.05, 4.69) is 24.3 Å². The van der Waals surface area contributed by atoms with Crippen LogP contribution in [0.15, 0.2) is 194 Å². The molecule has 11 rings (SSSR count). The maximum absolute atomic E-state index is 9.38. The molecule has 3 aromatic heterocycles. The van der Waals surface area contributed by atoms with Crippen molar-refractivity contribution < 1.29 is 16.4 Å². The summed E-state index contributed by atoms with van der Waals surface area (Å²) in [7, 11) is 0. The van der Waals surface area contributed by atoms with Crippen molar-refractivity contribution in [2.45, 2.75) is 0 Å². The zero-order valence-electron chi connectivity index (χ0n) is 41.2. The van der Waals surface area contributed by atoms with Crippen LogP contribution in [0.25, 0.3) is 104 Å². The molecule has 262 valence electrons. The zero-order chi connectivity index (χ0) is 47.4. The average molecular weight is 745 g/mol. The first-order chi connectivity index (χ1) is 32.7. The van der Waals surface area contributed by atoms with E-state index in [-0.39, 0.29) is 27.4 Å². The summed E-state index contributed by atoms with van der Waals surface area (Å²) in [5.41, 5.74) is 2.56. The van der Waals surface area contributed by atoms with Crippen LogP contribution in [0.1, 0.15) is 16.4 Å². The van der Waals surface area contributed by atoms with Crippen molar-refractivity contribution in [1.29, 1.82) is 0 Å². The summed E-state index contributed by atoms with van der Waals surface area (Å²) in [6, 6.07) is 31.0. The van der Waals surface area contributed by atoms with Crippen LogP contribution in [0.3, 0.4) is 0 Å². The quantitative estimate of drug-likeness (QED) is 0.170. The van der Waals surface area contributed by atoms with Crippen LogP contribution < -0.4 is 0 Å². The van der Waals surface area contributed by atoms with E-state index in [9.17, 15) is 5.48 Å². The third kappa shape index (κ3) is 5.40. The minimum Gasteiger partial charge on any atom is -0.308 e. The summed E-state index contributed by atoms with van der Waals surface area (Å²) in [5, 5.41) is 1.90. The third-order valence-electron chi connectivity index (χ3n) is 9.85. The molecule has 0 saturated carbocycles. The van der Waals surface area contributed by atoms with Gasteiger partial charge in [0.15, 0.2) is 17.5 Å². The van der Waals surface area contributed by atoms with E-state index >= 15 is 0 Å². The van der Waals surface area contributed by atoms with Crippen LogP contribution in [0.5, 0.6) is 0 Å². The van der Waals surface area contributed by atoms with Gasteiger partial charge in [0.2, 0.25) is 0 Å². The van der Waals surface area contributed by atoms with Crippen LogP contribution in [0.2, 0.25) is 0 Å². The topological polar surface area (TPSA) is 43.6 Å². The molecular formula is C51H32N4S. The first-order valence-corrected chi connectivity index (χ1v) is 18.6. The molecule has 0 atom stereocenters. The Morgan fingerprint density at radius 1 is 0.411 bits per heavy atom. The van der Waals surface area contributed by atoms with E-state index in [1.807, 2.05) is 84.9 Å². The van der Waals surface area contributed by atoms with Gasteiger partial charge in [0, 0.05) is 58.8 Å². The van der Waals surface area contributed by atoms with E-state index in [0.717, 1.165) is 31.3 Å². The Hall–Kier alpha value is -7.21. The molecule has 0 fully saturated rings. The predicted molar refractivity (Wildman–Crippen MR) is 234 cm³/mol. The van der Waals surface area contributed by atoms with Gasteiger partial charge >= 0.3 is 0 Å². The van der Waals surface area contributed by atoms with Gasteiger partial charge in [-0.15, -0.1) is 11.3 Å². The van der Waals surface area contributed by atoms with Gasteiger partial charge in [0.05, 0.1) is 33.2 Å². The number of hydrogen-bond acceptors (Lipinski definition) is 4. The van der Waals surface area contributed by atoms with E-state index < -0.39 is 78.1 Å². The molecule has 3 heterocycles. The molecule has 11 aromatic rings. The summed E-state index contributed by atoms with van der Waals surface area (Å²) >= 11 is 1.70. The molecule has 0 unspecified atom stereocenters. The first-order valence-electron chi connectivity index (χ1n) is 23.8. The van der Waals surface area contributed by atoms with Crippen molar-refractivity contribution in [3.05, 3.63) is 194 Å². The summed E-state index contributed by atoms with van der Waals surface area (Å²) in [4.78, 5) is 15.1. The Morgan fingerprint density at radius 3 is 1.84 bits per heavy atom. The number of fused-ring (bicyclic) bond motifs is 6. The van der Waals surface area contributed by atoms with Gasteiger partial charge < -0.3 is 4.57 Å². The molecule has 5 heteroatoms. The highest BCUT2D eigenvalue weighted by molar-refractivity contribution is 7.25. The van der Waals surface area contributed by atoms with E-state index in [1.165, 1.54) is 4.57 Å². The lowest BCUT2D eigenvalue weighted by atomic mass is 9.99. The minimum absolute atomic E-state index is 0.104. The Balaban J connectivity index is 1.25. The molecule has 0 aliphatic rings. The second-order valence-electron chi connectivity index (χ2n) is 13.1. The van der Waals surface area contributed by atoms with Gasteiger partial charge in [-0.05, 0) is 59.6 Å². The molecule has 4 nitrogen and oxygen atoms in total. The van der Waals surface area contributed by atoms with Crippen molar-refractivity contribution in [2.24, 2.45) is 0 Å². The number of para-hydroxylation sites is 2. The lowest BCUT2D eigenvalue weighted by molar-refractivity contribution is 1.07. The molecule has 56 heavy (non-hydrogen) atoms. The van der Waals surface area contributed by atoms with Crippen molar-refractivity contribution in [2.75, 3.05) is 0 Å². The molecule has 0 aliphatic heterocycles. The smallest absolute Gasteiger partial charge is 0.164 e. The summed E-state index contributed by atoms with van der Waals surface area (Å²) < 4.78 is 111. The minimum atomic E-state index is -0.688. The van der Waals surface area contributed by atoms with Crippen molar-refractivity contribution in [1.82, 2.24) is 19.5 Å². The average Bonchev–Trinajstić information content (AvgIpc) is 3.93. The van der Waals surface area contributed by atoms with Crippen LogP contribution in [0, 0.1) is 0 Å². The number of aromatic nitrogens is 4. The highest BCUT2D eigenvalue weighted by Gasteiger charge is 2.21. The lowest BCUT2D eigenvalue weighted by Gasteiger charge is -2.17. The third-order valence-corrected chi connectivity index (χ3v) is 11.0. The maximum atomic E-state index is 9.38. The number of thiophene rings is 1. The second kappa shape index (κ2) is 13.3. The van der Waals surface area contributed by atoms with Gasteiger partial charge in [0.25, 0.3) is 0 Å². The normalized spacial score (nSPS) is 14.6. The van der Waals surface area contributed by atoms with E-state index in [4.69, 9.17) is 25.9 Å². The Morgan fingerprint density at radius 2 is 1.04 bits per heavy atom. The number of benzene rings is 8. The lowest BCUT2D eigenvalue weighted by Crippen LogP contribution is -2.02. The number of hydrogen-bond donors (Lipinski definition) is 0. The van der Waals surface area contributed by atoms with Crippen LogP contribution in [0.4, 0.5) is 0 Å². The molecule has 0 N–H and O–H groups in total. The van der Waals surface area contributed by atoms with E-state index in [1.54, 1.807) is 23.5 Å². The Kier molecular flexibility index (Phi) is 5.27. The fourth-order valence-electron chi connectivity index (χ4n) is 7.30. The van der Waals surface area contributed by atoms with Crippen molar-refractivity contribution in [3.63, 3.8) is 0 Å². The molecule has 0 saturated heterocycles. The summed E-state index contributed by atoms with van der Waals surface area (Å²) in [5.74, 6) is 1.16. The van der Waals surface area contributed by atoms with Gasteiger partial charge in [-0.1, -0.05) is 145 Å². The van der Waals surface area contributed by atoms with Crippen LogP contribution >= 0.6 is 11.3 Å². The Labute approximate surface area is 344 Å². The fraction of sp³-hybridized carbons (Fsp3) is 0. The van der Waals surface area contributed by atoms with Crippen molar-refractivity contribution in [3.8, 4) is 62.1 Å². The van der Waals surface area contributed by atoms with Crippen molar-refractivity contribution >= 4 is 53.3 Å². The second-order valence-corrected chi connectivity index (χ2v) is 14.2. The molecule has 0 amide bonds. The van der Waals surface area contributed by atoms with Crippen LogP contribution in [-0.2, 0) is 0 Å². The molecule has 0 spiro atoms. The zero-order valence-corrected chi connectivity index (χ0v) is 30.1. The number of nitrogens with zero attached hydrogens (tertiary/aromatic N) is 4. The molecule has 0 radical (unpaired) electrons. The van der Waals surface area contributed by atoms with Gasteiger partial charge in [-0.3, -0.25) is 0 Å². The Bertz CT molecular complexity index is 3920. The van der Waals surface area contributed by atoms with Crippen LogP contribution in [-0.4, -0.2) is 19.5 Å².